The van der Waals surface area contributed by atoms with E-state index in [4.69, 9.17) is 4.74 Å². The second kappa shape index (κ2) is 8.50. The van der Waals surface area contributed by atoms with Crippen molar-refractivity contribution in [2.75, 3.05) is 13.7 Å². The number of rotatable bonds is 7. The lowest BCUT2D eigenvalue weighted by Crippen LogP contribution is -2.30. The maximum atomic E-state index is 13.2. The molecular formula is C27H25FN2O2. The second-order valence-corrected chi connectivity index (χ2v) is 8.36. The zero-order valence-electron chi connectivity index (χ0n) is 17.8. The van der Waals surface area contributed by atoms with Crippen LogP contribution in [0.25, 0.3) is 10.9 Å². The number of aromatic amines is 1. The summed E-state index contributed by atoms with van der Waals surface area (Å²) in [6.07, 6.45) is 2.84. The van der Waals surface area contributed by atoms with Gasteiger partial charge < -0.3 is 15.0 Å². The first-order chi connectivity index (χ1) is 15.6. The van der Waals surface area contributed by atoms with Gasteiger partial charge in [0, 0.05) is 35.5 Å². The van der Waals surface area contributed by atoms with Crippen molar-refractivity contribution in [3.63, 3.8) is 0 Å². The molecule has 1 heterocycles. The Hall–Kier alpha value is -3.60. The molecule has 0 aliphatic heterocycles. The van der Waals surface area contributed by atoms with Gasteiger partial charge in [0.25, 0.3) is 0 Å². The largest absolute Gasteiger partial charge is 0.497 e. The molecule has 162 valence electrons. The van der Waals surface area contributed by atoms with Gasteiger partial charge in [-0.1, -0.05) is 42.5 Å². The molecule has 1 saturated carbocycles. The number of carbonyl (C=O) groups is 1. The van der Waals surface area contributed by atoms with E-state index in [1.54, 1.807) is 19.2 Å². The number of H-pyrrole nitrogens is 1. The number of hydrogen-bond donors (Lipinski definition) is 2. The molecule has 3 atom stereocenters. The predicted octanol–water partition coefficient (Wildman–Crippen LogP) is 5.37. The number of ether oxygens (including phenoxy) is 1. The lowest BCUT2D eigenvalue weighted by atomic mass is 9.90. The lowest BCUT2D eigenvalue weighted by Gasteiger charge is -2.19. The summed E-state index contributed by atoms with van der Waals surface area (Å²) in [6.45, 7) is 0.500. The molecule has 1 fully saturated rings. The van der Waals surface area contributed by atoms with Crippen LogP contribution in [0.15, 0.2) is 79.0 Å². The Balaban J connectivity index is 1.35. The van der Waals surface area contributed by atoms with E-state index in [1.807, 2.05) is 30.5 Å². The van der Waals surface area contributed by atoms with Crippen molar-refractivity contribution in [1.29, 1.82) is 0 Å². The summed E-state index contributed by atoms with van der Waals surface area (Å²) in [7, 11) is 1.65. The summed E-state index contributed by atoms with van der Waals surface area (Å²) in [4.78, 5) is 16.3. The predicted molar refractivity (Wildman–Crippen MR) is 123 cm³/mol. The third-order valence-corrected chi connectivity index (χ3v) is 6.42. The zero-order chi connectivity index (χ0) is 22.1. The van der Waals surface area contributed by atoms with E-state index in [0.717, 1.165) is 39.8 Å². The van der Waals surface area contributed by atoms with Gasteiger partial charge >= 0.3 is 0 Å². The average Bonchev–Trinajstić information content (AvgIpc) is 3.53. The molecule has 0 saturated heterocycles. The first-order valence-corrected chi connectivity index (χ1v) is 10.9. The topological polar surface area (TPSA) is 54.1 Å². The van der Waals surface area contributed by atoms with Gasteiger partial charge in [-0.25, -0.2) is 4.39 Å². The Labute approximate surface area is 186 Å². The highest BCUT2D eigenvalue weighted by molar-refractivity contribution is 5.85. The third-order valence-electron chi connectivity index (χ3n) is 6.42. The number of methoxy groups -OCH3 is 1. The van der Waals surface area contributed by atoms with Crippen molar-refractivity contribution in [3.8, 4) is 5.75 Å². The monoisotopic (exact) mass is 428 g/mol. The van der Waals surface area contributed by atoms with Crippen molar-refractivity contribution in [2.24, 2.45) is 5.92 Å². The van der Waals surface area contributed by atoms with Crippen LogP contribution in [-0.4, -0.2) is 24.5 Å². The Bertz CT molecular complexity index is 1230. The number of hydrogen-bond acceptors (Lipinski definition) is 2. The van der Waals surface area contributed by atoms with E-state index in [2.05, 4.69) is 34.6 Å². The Kier molecular flexibility index (Phi) is 5.39. The Morgan fingerprint density at radius 1 is 1.09 bits per heavy atom. The van der Waals surface area contributed by atoms with Crippen LogP contribution in [0, 0.1) is 11.7 Å². The fourth-order valence-corrected chi connectivity index (χ4v) is 4.52. The van der Waals surface area contributed by atoms with Gasteiger partial charge in [0.2, 0.25) is 5.91 Å². The van der Waals surface area contributed by atoms with Crippen molar-refractivity contribution < 1.29 is 13.9 Å². The highest BCUT2D eigenvalue weighted by atomic mass is 19.1. The molecule has 3 aromatic carbocycles. The fourth-order valence-electron chi connectivity index (χ4n) is 4.52. The van der Waals surface area contributed by atoms with Crippen LogP contribution < -0.4 is 10.1 Å². The molecule has 4 aromatic rings. The molecule has 5 rings (SSSR count). The molecule has 0 spiro atoms. The van der Waals surface area contributed by atoms with Gasteiger partial charge in [-0.2, -0.15) is 0 Å². The SMILES string of the molecule is COc1ccc(C(CNC(=O)C2CC2c2ccc(F)cc2)c2c[nH]c3ccccc23)cc1. The molecule has 5 heteroatoms. The van der Waals surface area contributed by atoms with Gasteiger partial charge in [-0.3, -0.25) is 4.79 Å². The number of aromatic nitrogens is 1. The molecule has 0 radical (unpaired) electrons. The van der Waals surface area contributed by atoms with E-state index in [0.29, 0.717) is 6.54 Å². The van der Waals surface area contributed by atoms with E-state index in [-0.39, 0.29) is 29.5 Å². The molecule has 3 unspecified atom stereocenters. The summed E-state index contributed by atoms with van der Waals surface area (Å²) < 4.78 is 18.5. The number of para-hydroxylation sites is 1. The number of nitrogens with one attached hydrogen (secondary N) is 2. The third kappa shape index (κ3) is 3.98. The highest BCUT2D eigenvalue weighted by Crippen LogP contribution is 2.47. The number of amides is 1. The standard InChI is InChI=1S/C27H25FN2O2/c1-32-20-12-8-18(9-13-20)24(25-16-29-26-5-3-2-4-21(25)26)15-30-27(31)23-14-22(23)17-6-10-19(28)11-7-17/h2-13,16,22-24,29H,14-15H2,1H3,(H,30,31). The summed E-state index contributed by atoms with van der Waals surface area (Å²) in [5, 5.41) is 4.33. The first-order valence-electron chi connectivity index (χ1n) is 10.9. The number of halogens is 1. The number of carbonyl (C=O) groups excluding carboxylic acids is 1. The minimum atomic E-state index is -0.253. The molecule has 32 heavy (non-hydrogen) atoms. The first kappa shape index (κ1) is 20.3. The van der Waals surface area contributed by atoms with Crippen LogP contribution in [-0.2, 0) is 4.79 Å². The van der Waals surface area contributed by atoms with E-state index in [9.17, 15) is 9.18 Å². The summed E-state index contributed by atoms with van der Waals surface area (Å²) in [5.41, 5.74) is 4.36. The number of fused-ring (bicyclic) bond motifs is 1. The maximum Gasteiger partial charge on any atom is 0.223 e. The Morgan fingerprint density at radius 3 is 2.59 bits per heavy atom. The van der Waals surface area contributed by atoms with Crippen molar-refractivity contribution in [2.45, 2.75) is 18.3 Å². The van der Waals surface area contributed by atoms with E-state index < -0.39 is 0 Å². The quantitative estimate of drug-likeness (QED) is 0.416. The molecule has 2 N–H and O–H groups in total. The van der Waals surface area contributed by atoms with Crippen molar-refractivity contribution >= 4 is 16.8 Å². The van der Waals surface area contributed by atoms with Crippen molar-refractivity contribution in [1.82, 2.24) is 10.3 Å². The summed E-state index contributed by atoms with van der Waals surface area (Å²) >= 11 is 0. The zero-order valence-corrected chi connectivity index (χ0v) is 17.8. The van der Waals surface area contributed by atoms with Crippen molar-refractivity contribution in [3.05, 3.63) is 102 Å². The smallest absolute Gasteiger partial charge is 0.223 e. The van der Waals surface area contributed by atoms with Crippen LogP contribution in [0.1, 0.15) is 34.9 Å². The van der Waals surface area contributed by atoms with Crippen LogP contribution in [0.3, 0.4) is 0 Å². The van der Waals surface area contributed by atoms with E-state index in [1.165, 1.54) is 12.1 Å². The molecule has 1 amide bonds. The molecule has 1 aromatic heterocycles. The van der Waals surface area contributed by atoms with Gasteiger partial charge in [0.05, 0.1) is 7.11 Å². The minimum Gasteiger partial charge on any atom is -0.497 e. The summed E-state index contributed by atoms with van der Waals surface area (Å²) in [5.74, 6) is 0.719. The molecule has 4 nitrogen and oxygen atoms in total. The van der Waals surface area contributed by atoms with E-state index >= 15 is 0 Å². The Morgan fingerprint density at radius 2 is 1.84 bits per heavy atom. The van der Waals surface area contributed by atoms with Gasteiger partial charge in [-0.05, 0) is 59.4 Å². The molecule has 1 aliphatic rings. The van der Waals surface area contributed by atoms with Gasteiger partial charge in [0.15, 0.2) is 0 Å². The molecule has 0 bridgehead atoms. The van der Waals surface area contributed by atoms with Gasteiger partial charge in [0.1, 0.15) is 11.6 Å². The van der Waals surface area contributed by atoms with Gasteiger partial charge in [-0.15, -0.1) is 0 Å². The van der Waals surface area contributed by atoms with Crippen LogP contribution in [0.4, 0.5) is 4.39 Å². The molecular weight excluding hydrogens is 403 g/mol. The van der Waals surface area contributed by atoms with Crippen LogP contribution >= 0.6 is 0 Å². The second-order valence-electron chi connectivity index (χ2n) is 8.36. The maximum absolute atomic E-state index is 13.2. The fraction of sp³-hybridized carbons (Fsp3) is 0.222. The lowest BCUT2D eigenvalue weighted by molar-refractivity contribution is -0.122. The summed E-state index contributed by atoms with van der Waals surface area (Å²) in [6, 6.07) is 22.7. The minimum absolute atomic E-state index is 0.00373. The van der Waals surface area contributed by atoms with Crippen LogP contribution in [0.2, 0.25) is 0 Å². The van der Waals surface area contributed by atoms with Crippen LogP contribution in [0.5, 0.6) is 5.75 Å². The normalized spacial score (nSPS) is 18.3. The average molecular weight is 429 g/mol. The molecule has 1 aliphatic carbocycles. The highest BCUT2D eigenvalue weighted by Gasteiger charge is 2.43. The number of benzene rings is 3.